The van der Waals surface area contributed by atoms with Crippen molar-refractivity contribution in [3.8, 4) is 0 Å². The second kappa shape index (κ2) is 13.1. The summed E-state index contributed by atoms with van der Waals surface area (Å²) in [6.07, 6.45) is 27.7. The second-order valence-corrected chi connectivity index (χ2v) is 15.3. The number of ether oxygens (including phenoxy) is 2. The van der Waals surface area contributed by atoms with Crippen LogP contribution in [0.1, 0.15) is 94.9 Å². The molecule has 2 aliphatic heterocycles. The number of fused-ring (bicyclic) bond motifs is 2. The van der Waals surface area contributed by atoms with E-state index in [1.807, 2.05) is 0 Å². The van der Waals surface area contributed by atoms with Gasteiger partial charge in [0.1, 0.15) is 0 Å². The van der Waals surface area contributed by atoms with Crippen LogP contribution < -0.4 is 0 Å². The summed E-state index contributed by atoms with van der Waals surface area (Å²) in [7, 11) is 0. The van der Waals surface area contributed by atoms with Crippen molar-refractivity contribution in [3.63, 3.8) is 0 Å². The molecule has 240 valence electrons. The molecule has 44 heavy (non-hydrogen) atoms. The average molecular weight is 601 g/mol. The van der Waals surface area contributed by atoms with Gasteiger partial charge in [-0.3, -0.25) is 0 Å². The van der Waals surface area contributed by atoms with Crippen molar-refractivity contribution < 1.29 is 19.7 Å². The molecule has 4 aliphatic rings. The number of aliphatic hydroxyl groups is 2. The summed E-state index contributed by atoms with van der Waals surface area (Å²) in [5.41, 5.74) is 6.43. The lowest BCUT2D eigenvalue weighted by molar-refractivity contribution is -0.0688. The van der Waals surface area contributed by atoms with Gasteiger partial charge in [-0.2, -0.15) is 0 Å². The van der Waals surface area contributed by atoms with E-state index in [0.717, 1.165) is 24.0 Å². The van der Waals surface area contributed by atoms with E-state index in [-0.39, 0.29) is 46.4 Å². The number of rotatable bonds is 8. The second-order valence-electron chi connectivity index (χ2n) is 15.3. The first kappa shape index (κ1) is 34.4. The average Bonchev–Trinajstić information content (AvgIpc) is 3.43. The summed E-state index contributed by atoms with van der Waals surface area (Å²) >= 11 is 0. The maximum atomic E-state index is 10.4. The van der Waals surface area contributed by atoms with Gasteiger partial charge in [0.2, 0.25) is 0 Å². The Morgan fingerprint density at radius 2 is 0.955 bits per heavy atom. The predicted octanol–water partition coefficient (Wildman–Crippen LogP) is 8.97. The zero-order chi connectivity index (χ0) is 32.5. The van der Waals surface area contributed by atoms with E-state index in [1.54, 1.807) is 0 Å². The molecular formula is C40H56O4. The quantitative estimate of drug-likeness (QED) is 0.216. The molecule has 0 bridgehead atoms. The van der Waals surface area contributed by atoms with E-state index < -0.39 is 0 Å². The molecule has 0 saturated heterocycles. The van der Waals surface area contributed by atoms with E-state index in [1.165, 1.54) is 22.3 Å². The molecule has 0 aromatic carbocycles. The number of hydrogen-bond donors (Lipinski definition) is 2. The van der Waals surface area contributed by atoms with Crippen molar-refractivity contribution in [3.05, 3.63) is 106 Å². The SMILES string of the molecule is CC(/C=C/C=C(\C)[C@@H]1C=C2C(C)(C)C[C@H](O)C[C@@]2(C)O1)=C\C=C\C=C(C)\C=C\C=C(/C)[C@@H]1C=C2C(C)(C)C[C@H](O)C[C@]2(C)O1. The van der Waals surface area contributed by atoms with Gasteiger partial charge in [0.05, 0.1) is 35.6 Å². The Hall–Kier alpha value is -2.50. The molecule has 0 amide bonds. The van der Waals surface area contributed by atoms with Gasteiger partial charge in [-0.25, -0.2) is 0 Å². The Bertz CT molecular complexity index is 1270. The fourth-order valence-electron chi connectivity index (χ4n) is 7.92. The fraction of sp³-hybridized carbons (Fsp3) is 0.550. The summed E-state index contributed by atoms with van der Waals surface area (Å²) in [6.45, 7) is 21.5. The first-order valence-electron chi connectivity index (χ1n) is 16.3. The molecule has 4 heteroatoms. The first-order chi connectivity index (χ1) is 20.4. The van der Waals surface area contributed by atoms with Gasteiger partial charge in [-0.1, -0.05) is 99.6 Å². The van der Waals surface area contributed by atoms with Crippen LogP contribution in [0, 0.1) is 10.8 Å². The molecule has 0 radical (unpaired) electrons. The smallest absolute Gasteiger partial charge is 0.0982 e. The Morgan fingerprint density at radius 3 is 1.32 bits per heavy atom. The highest BCUT2D eigenvalue weighted by molar-refractivity contribution is 5.39. The van der Waals surface area contributed by atoms with E-state index in [4.69, 9.17) is 9.47 Å². The summed E-state index contributed by atoms with van der Waals surface area (Å²) in [6, 6.07) is 0. The van der Waals surface area contributed by atoms with Crippen LogP contribution in [0.2, 0.25) is 0 Å². The Kier molecular flexibility index (Phi) is 10.2. The minimum Gasteiger partial charge on any atom is -0.393 e. The van der Waals surface area contributed by atoms with Crippen molar-refractivity contribution in [1.29, 1.82) is 0 Å². The molecule has 2 heterocycles. The summed E-state index contributed by atoms with van der Waals surface area (Å²) < 4.78 is 12.9. The lowest BCUT2D eigenvalue weighted by atomic mass is 9.65. The minimum absolute atomic E-state index is 0.0509. The highest BCUT2D eigenvalue weighted by atomic mass is 16.5. The summed E-state index contributed by atoms with van der Waals surface area (Å²) in [5.74, 6) is 0. The largest absolute Gasteiger partial charge is 0.393 e. The molecular weight excluding hydrogens is 544 g/mol. The lowest BCUT2D eigenvalue weighted by Crippen LogP contribution is -2.45. The zero-order valence-corrected chi connectivity index (χ0v) is 28.8. The molecule has 6 atom stereocenters. The van der Waals surface area contributed by atoms with Gasteiger partial charge in [-0.15, -0.1) is 0 Å². The van der Waals surface area contributed by atoms with E-state index >= 15 is 0 Å². The van der Waals surface area contributed by atoms with Crippen LogP contribution in [0.15, 0.2) is 106 Å². The third-order valence-electron chi connectivity index (χ3n) is 9.91. The highest BCUT2D eigenvalue weighted by Crippen LogP contribution is 2.53. The fourth-order valence-corrected chi connectivity index (χ4v) is 7.92. The number of aliphatic hydroxyl groups excluding tert-OH is 2. The van der Waals surface area contributed by atoms with Crippen LogP contribution in [-0.2, 0) is 9.47 Å². The zero-order valence-electron chi connectivity index (χ0n) is 28.8. The normalized spacial score (nSPS) is 36.3. The maximum Gasteiger partial charge on any atom is 0.0982 e. The lowest BCUT2D eigenvalue weighted by Gasteiger charge is -2.44. The van der Waals surface area contributed by atoms with Crippen molar-refractivity contribution in [2.75, 3.05) is 0 Å². The summed E-state index contributed by atoms with van der Waals surface area (Å²) in [4.78, 5) is 0. The molecule has 0 aromatic heterocycles. The van der Waals surface area contributed by atoms with Crippen LogP contribution in [0.25, 0.3) is 0 Å². The van der Waals surface area contributed by atoms with E-state index in [2.05, 4.69) is 142 Å². The standard InChI is InChI=1S/C40H56O4/c1-27(17-13-19-29(3)33-21-35-37(5,6)23-31(41)25-39(35,9)43-33)15-11-12-16-28(2)18-14-20-30(4)34-22-36-38(7,8)24-32(42)26-40(36,10)44-34/h11-22,31-34,41-42H,23-26H2,1-10H3/b12-11+,17-13+,18-14+,27-15+,28-16+,29-19+,30-20+/t31-,32-,33-,34-,39-,40+/m0/s1. The first-order valence-corrected chi connectivity index (χ1v) is 16.3. The minimum atomic E-state index is -0.386. The molecule has 0 unspecified atom stereocenters. The third-order valence-corrected chi connectivity index (χ3v) is 9.91. The molecule has 4 nitrogen and oxygen atoms in total. The molecule has 0 spiro atoms. The highest BCUT2D eigenvalue weighted by Gasteiger charge is 2.51. The van der Waals surface area contributed by atoms with Gasteiger partial charge in [0.15, 0.2) is 0 Å². The predicted molar refractivity (Wildman–Crippen MR) is 183 cm³/mol. The van der Waals surface area contributed by atoms with Crippen molar-refractivity contribution in [1.82, 2.24) is 0 Å². The van der Waals surface area contributed by atoms with Crippen LogP contribution in [0.4, 0.5) is 0 Å². The molecule has 2 aliphatic carbocycles. The Labute approximate surface area is 267 Å². The van der Waals surface area contributed by atoms with Crippen LogP contribution in [-0.4, -0.2) is 45.8 Å². The third kappa shape index (κ3) is 7.83. The van der Waals surface area contributed by atoms with Gasteiger partial charge < -0.3 is 19.7 Å². The summed E-state index contributed by atoms with van der Waals surface area (Å²) in [5, 5.41) is 20.8. The van der Waals surface area contributed by atoms with Gasteiger partial charge >= 0.3 is 0 Å². The number of allylic oxidation sites excluding steroid dienone is 12. The Morgan fingerprint density at radius 1 is 0.591 bits per heavy atom. The van der Waals surface area contributed by atoms with Crippen LogP contribution in [0.5, 0.6) is 0 Å². The van der Waals surface area contributed by atoms with Gasteiger partial charge in [-0.05, 0) is 99.7 Å². The van der Waals surface area contributed by atoms with E-state index in [0.29, 0.717) is 12.8 Å². The van der Waals surface area contributed by atoms with E-state index in [9.17, 15) is 10.2 Å². The van der Waals surface area contributed by atoms with Crippen molar-refractivity contribution >= 4 is 0 Å². The maximum absolute atomic E-state index is 10.4. The number of hydrogen-bond acceptors (Lipinski definition) is 4. The van der Waals surface area contributed by atoms with Crippen molar-refractivity contribution in [2.45, 2.75) is 131 Å². The van der Waals surface area contributed by atoms with Gasteiger partial charge in [0, 0.05) is 12.8 Å². The topological polar surface area (TPSA) is 58.9 Å². The monoisotopic (exact) mass is 600 g/mol. The molecule has 2 saturated carbocycles. The molecule has 4 rings (SSSR count). The van der Waals surface area contributed by atoms with Crippen LogP contribution in [0.3, 0.4) is 0 Å². The van der Waals surface area contributed by atoms with Crippen molar-refractivity contribution in [2.24, 2.45) is 10.8 Å². The Balaban J connectivity index is 1.29. The van der Waals surface area contributed by atoms with Crippen LogP contribution >= 0.6 is 0 Å². The molecule has 0 aromatic rings. The molecule has 2 fully saturated rings. The molecule has 2 N–H and O–H groups in total. The van der Waals surface area contributed by atoms with Gasteiger partial charge in [0.25, 0.3) is 0 Å².